The first-order valence-corrected chi connectivity index (χ1v) is 7.44. The maximum atomic E-state index is 12.2. The van der Waals surface area contributed by atoms with Gasteiger partial charge in [-0.2, -0.15) is 4.31 Å². The summed E-state index contributed by atoms with van der Waals surface area (Å²) in [5.41, 5.74) is 0.846. The number of nitrogens with one attached hydrogen (secondary N) is 1. The lowest BCUT2D eigenvalue weighted by Gasteiger charge is -2.31. The van der Waals surface area contributed by atoms with Crippen LogP contribution in [0.3, 0.4) is 0 Å². The second-order valence-electron chi connectivity index (χ2n) is 4.46. The summed E-state index contributed by atoms with van der Waals surface area (Å²) in [6.07, 6.45) is 0. The second kappa shape index (κ2) is 5.16. The SMILES string of the molecule is C[C@@H]1CN(S(=O)(=O)Cc2ccccc2)CCN1. The van der Waals surface area contributed by atoms with Crippen LogP contribution < -0.4 is 5.32 Å². The summed E-state index contributed by atoms with van der Waals surface area (Å²) in [4.78, 5) is 0. The molecule has 1 heterocycles. The molecule has 94 valence electrons. The van der Waals surface area contributed by atoms with Crippen molar-refractivity contribution in [3.8, 4) is 0 Å². The number of sulfonamides is 1. The van der Waals surface area contributed by atoms with E-state index in [9.17, 15) is 8.42 Å². The summed E-state index contributed by atoms with van der Waals surface area (Å²) < 4.78 is 26.0. The van der Waals surface area contributed by atoms with Gasteiger partial charge in [0.2, 0.25) is 10.0 Å². The summed E-state index contributed by atoms with van der Waals surface area (Å²) in [6, 6.07) is 9.56. The lowest BCUT2D eigenvalue weighted by Crippen LogP contribution is -2.51. The fourth-order valence-corrected chi connectivity index (χ4v) is 3.64. The van der Waals surface area contributed by atoms with Gasteiger partial charge in [-0.15, -0.1) is 0 Å². The van der Waals surface area contributed by atoms with Crippen LogP contribution in [-0.2, 0) is 15.8 Å². The highest BCUT2D eigenvalue weighted by molar-refractivity contribution is 7.88. The Bertz CT molecular complexity index is 459. The summed E-state index contributed by atoms with van der Waals surface area (Å²) in [7, 11) is -3.18. The number of rotatable bonds is 3. The molecule has 0 saturated carbocycles. The van der Waals surface area contributed by atoms with E-state index in [1.807, 2.05) is 37.3 Å². The minimum atomic E-state index is -3.18. The Morgan fingerprint density at radius 1 is 1.35 bits per heavy atom. The van der Waals surface area contributed by atoms with E-state index in [1.54, 1.807) is 4.31 Å². The maximum Gasteiger partial charge on any atom is 0.218 e. The van der Waals surface area contributed by atoms with E-state index in [0.29, 0.717) is 13.1 Å². The second-order valence-corrected chi connectivity index (χ2v) is 6.42. The van der Waals surface area contributed by atoms with E-state index >= 15 is 0 Å². The molecule has 1 fully saturated rings. The number of nitrogens with zero attached hydrogens (tertiary/aromatic N) is 1. The quantitative estimate of drug-likeness (QED) is 0.868. The van der Waals surface area contributed by atoms with Gasteiger partial charge < -0.3 is 5.32 Å². The molecular weight excluding hydrogens is 236 g/mol. The smallest absolute Gasteiger partial charge is 0.218 e. The molecule has 0 aliphatic carbocycles. The van der Waals surface area contributed by atoms with Crippen LogP contribution in [0, 0.1) is 0 Å². The highest BCUT2D eigenvalue weighted by Crippen LogP contribution is 2.12. The molecule has 1 aliphatic heterocycles. The summed E-state index contributed by atoms with van der Waals surface area (Å²) >= 11 is 0. The van der Waals surface area contributed by atoms with E-state index in [0.717, 1.165) is 12.1 Å². The minimum absolute atomic E-state index is 0.0978. The van der Waals surface area contributed by atoms with Gasteiger partial charge in [-0.1, -0.05) is 30.3 Å². The molecule has 0 bridgehead atoms. The van der Waals surface area contributed by atoms with Gasteiger partial charge in [0.15, 0.2) is 0 Å². The topological polar surface area (TPSA) is 49.4 Å². The molecule has 1 aliphatic rings. The number of hydrogen-bond acceptors (Lipinski definition) is 3. The van der Waals surface area contributed by atoms with Crippen LogP contribution in [0.15, 0.2) is 30.3 Å². The molecule has 17 heavy (non-hydrogen) atoms. The molecule has 5 heteroatoms. The molecule has 0 radical (unpaired) electrons. The zero-order valence-electron chi connectivity index (χ0n) is 9.96. The monoisotopic (exact) mass is 254 g/mol. The van der Waals surface area contributed by atoms with Gasteiger partial charge in [-0.3, -0.25) is 0 Å². The Hall–Kier alpha value is -0.910. The van der Waals surface area contributed by atoms with Gasteiger partial charge in [0.25, 0.3) is 0 Å². The Balaban J connectivity index is 2.08. The zero-order valence-corrected chi connectivity index (χ0v) is 10.8. The van der Waals surface area contributed by atoms with Crippen molar-refractivity contribution in [2.24, 2.45) is 0 Å². The highest BCUT2D eigenvalue weighted by Gasteiger charge is 2.26. The van der Waals surface area contributed by atoms with Crippen LogP contribution in [0.5, 0.6) is 0 Å². The Kier molecular flexibility index (Phi) is 3.81. The molecule has 0 spiro atoms. The van der Waals surface area contributed by atoms with Crippen molar-refractivity contribution < 1.29 is 8.42 Å². The largest absolute Gasteiger partial charge is 0.312 e. The predicted octanol–water partition coefficient (Wildman–Crippen LogP) is 0.810. The highest BCUT2D eigenvalue weighted by atomic mass is 32.2. The lowest BCUT2D eigenvalue weighted by atomic mass is 10.2. The Labute approximate surface area is 103 Å². The van der Waals surface area contributed by atoms with Crippen molar-refractivity contribution in [1.82, 2.24) is 9.62 Å². The summed E-state index contributed by atoms with van der Waals surface area (Å²) in [6.45, 7) is 3.87. The van der Waals surface area contributed by atoms with Gasteiger partial charge in [-0.25, -0.2) is 8.42 Å². The average Bonchev–Trinajstić information content (AvgIpc) is 2.30. The van der Waals surface area contributed by atoms with Gasteiger partial charge >= 0.3 is 0 Å². The third-order valence-corrected chi connectivity index (χ3v) is 4.73. The van der Waals surface area contributed by atoms with Crippen LogP contribution in [0.1, 0.15) is 12.5 Å². The van der Waals surface area contributed by atoms with Crippen LogP contribution in [0.25, 0.3) is 0 Å². The third-order valence-electron chi connectivity index (χ3n) is 2.92. The van der Waals surface area contributed by atoms with Crippen molar-refractivity contribution >= 4 is 10.0 Å². The lowest BCUT2D eigenvalue weighted by molar-refractivity contribution is 0.310. The molecule has 4 nitrogen and oxygen atoms in total. The van der Waals surface area contributed by atoms with Crippen LogP contribution >= 0.6 is 0 Å². The molecule has 0 aromatic heterocycles. The first-order valence-electron chi connectivity index (χ1n) is 5.83. The third kappa shape index (κ3) is 3.28. The molecule has 0 amide bonds. The van der Waals surface area contributed by atoms with E-state index in [-0.39, 0.29) is 11.8 Å². The molecule has 0 unspecified atom stereocenters. The van der Waals surface area contributed by atoms with Crippen molar-refractivity contribution in [2.75, 3.05) is 19.6 Å². The predicted molar refractivity (Wildman–Crippen MR) is 68.1 cm³/mol. The molecular formula is C12H18N2O2S. The Morgan fingerprint density at radius 3 is 2.71 bits per heavy atom. The molecule has 1 atom stereocenters. The fourth-order valence-electron chi connectivity index (χ4n) is 2.03. The molecule has 1 aromatic rings. The molecule has 1 N–H and O–H groups in total. The first-order chi connectivity index (χ1) is 8.08. The maximum absolute atomic E-state index is 12.2. The first kappa shape index (κ1) is 12.5. The summed E-state index contributed by atoms with van der Waals surface area (Å²) in [5, 5.41) is 3.24. The normalized spacial score (nSPS) is 22.5. The van der Waals surface area contributed by atoms with Crippen molar-refractivity contribution in [2.45, 2.75) is 18.7 Å². The number of piperazine rings is 1. The minimum Gasteiger partial charge on any atom is -0.312 e. The number of hydrogen-bond donors (Lipinski definition) is 1. The van der Waals surface area contributed by atoms with E-state index < -0.39 is 10.0 Å². The van der Waals surface area contributed by atoms with Crippen molar-refractivity contribution in [3.63, 3.8) is 0 Å². The van der Waals surface area contributed by atoms with E-state index in [4.69, 9.17) is 0 Å². The van der Waals surface area contributed by atoms with Crippen molar-refractivity contribution in [3.05, 3.63) is 35.9 Å². The van der Waals surface area contributed by atoms with E-state index in [1.165, 1.54) is 0 Å². The number of benzene rings is 1. The average molecular weight is 254 g/mol. The standard InChI is InChI=1S/C12H18N2O2S/c1-11-9-14(8-7-13-11)17(15,16)10-12-5-3-2-4-6-12/h2-6,11,13H,7-10H2,1H3/t11-/m1/s1. The van der Waals surface area contributed by atoms with Gasteiger partial charge in [0.05, 0.1) is 5.75 Å². The fraction of sp³-hybridized carbons (Fsp3) is 0.500. The molecule has 1 saturated heterocycles. The van der Waals surface area contributed by atoms with Crippen LogP contribution in [0.2, 0.25) is 0 Å². The summed E-state index contributed by atoms with van der Waals surface area (Å²) in [5.74, 6) is 0.0978. The van der Waals surface area contributed by atoms with E-state index in [2.05, 4.69) is 5.32 Å². The molecule has 2 rings (SSSR count). The van der Waals surface area contributed by atoms with Gasteiger partial charge in [0, 0.05) is 25.7 Å². The van der Waals surface area contributed by atoms with Crippen molar-refractivity contribution in [1.29, 1.82) is 0 Å². The van der Waals surface area contributed by atoms with Crippen LogP contribution in [-0.4, -0.2) is 38.4 Å². The zero-order chi connectivity index (χ0) is 12.3. The Morgan fingerprint density at radius 2 is 2.06 bits per heavy atom. The van der Waals surface area contributed by atoms with Crippen LogP contribution in [0.4, 0.5) is 0 Å². The molecule has 1 aromatic carbocycles. The van der Waals surface area contributed by atoms with Gasteiger partial charge in [-0.05, 0) is 12.5 Å². The van der Waals surface area contributed by atoms with Gasteiger partial charge in [0.1, 0.15) is 0 Å².